The summed E-state index contributed by atoms with van der Waals surface area (Å²) in [6.45, 7) is 4.44. The molecule has 2 heterocycles. The number of carbonyl (C=O) groups is 1. The van der Waals surface area contributed by atoms with Crippen LogP contribution in [-0.4, -0.2) is 82.8 Å². The highest BCUT2D eigenvalue weighted by atomic mass is 32.2. The number of anilines is 1. The number of thiazole rings is 1. The standard InChI is InChI=1S/C26H31N3O5S2/c1-31-21-15-18(16-22(32-2)25(21)33-3)5-8-24(30)29(10-9-28-11-13-34-14-12-28)26-27-20-7-6-19(35-4)17-23(20)36-26/h5-8,15-17H,9-14H2,1-4H3. The summed E-state index contributed by atoms with van der Waals surface area (Å²) >= 11 is 3.23. The van der Waals surface area contributed by atoms with Gasteiger partial charge in [-0.15, -0.1) is 11.8 Å². The zero-order chi connectivity index (χ0) is 25.5. The van der Waals surface area contributed by atoms with Crippen molar-refractivity contribution < 1.29 is 23.7 Å². The van der Waals surface area contributed by atoms with Crippen LogP contribution in [-0.2, 0) is 9.53 Å². The number of morpholine rings is 1. The summed E-state index contributed by atoms with van der Waals surface area (Å²) in [6.07, 6.45) is 5.38. The lowest BCUT2D eigenvalue weighted by atomic mass is 10.1. The van der Waals surface area contributed by atoms with Gasteiger partial charge in [-0.25, -0.2) is 4.98 Å². The van der Waals surface area contributed by atoms with Crippen molar-refractivity contribution in [1.29, 1.82) is 0 Å². The number of nitrogens with zero attached hydrogens (tertiary/aromatic N) is 3. The molecule has 0 radical (unpaired) electrons. The van der Waals surface area contributed by atoms with Gasteiger partial charge in [0.15, 0.2) is 16.6 Å². The normalized spacial score (nSPS) is 14.3. The van der Waals surface area contributed by atoms with Gasteiger partial charge in [0.2, 0.25) is 5.75 Å². The maximum Gasteiger partial charge on any atom is 0.252 e. The van der Waals surface area contributed by atoms with Crippen molar-refractivity contribution in [2.24, 2.45) is 0 Å². The molecule has 192 valence electrons. The molecule has 0 unspecified atom stereocenters. The summed E-state index contributed by atoms with van der Waals surface area (Å²) in [4.78, 5) is 23.5. The number of hydrogen-bond acceptors (Lipinski definition) is 9. The van der Waals surface area contributed by atoms with Gasteiger partial charge in [0.05, 0.1) is 44.8 Å². The maximum atomic E-state index is 13.5. The Morgan fingerprint density at radius 2 is 1.86 bits per heavy atom. The van der Waals surface area contributed by atoms with E-state index in [1.807, 2.05) is 18.2 Å². The van der Waals surface area contributed by atoms with Gasteiger partial charge >= 0.3 is 0 Å². The van der Waals surface area contributed by atoms with Crippen molar-refractivity contribution in [3.05, 3.63) is 42.0 Å². The zero-order valence-corrected chi connectivity index (χ0v) is 22.6. The van der Waals surface area contributed by atoms with Gasteiger partial charge in [0, 0.05) is 37.2 Å². The SMILES string of the molecule is COc1cc(C=CC(=O)N(CCN2CCOCC2)c2nc3ccc(SC)cc3s2)cc(OC)c1OC. The molecule has 8 nitrogen and oxygen atoms in total. The Morgan fingerprint density at radius 1 is 1.14 bits per heavy atom. The van der Waals surface area contributed by atoms with Crippen LogP contribution in [0.1, 0.15) is 5.56 Å². The van der Waals surface area contributed by atoms with E-state index in [0.717, 1.165) is 35.4 Å². The zero-order valence-electron chi connectivity index (χ0n) is 21.0. The van der Waals surface area contributed by atoms with Crippen LogP contribution in [0.3, 0.4) is 0 Å². The molecule has 1 aromatic heterocycles. The van der Waals surface area contributed by atoms with Gasteiger partial charge in [-0.2, -0.15) is 0 Å². The van der Waals surface area contributed by atoms with Crippen molar-refractivity contribution in [1.82, 2.24) is 9.88 Å². The van der Waals surface area contributed by atoms with Gasteiger partial charge in [-0.3, -0.25) is 14.6 Å². The molecule has 4 rings (SSSR count). The summed E-state index contributed by atoms with van der Waals surface area (Å²) < 4.78 is 22.8. The van der Waals surface area contributed by atoms with Crippen LogP contribution >= 0.6 is 23.1 Å². The minimum atomic E-state index is -0.138. The second kappa shape index (κ2) is 12.4. The molecule has 0 N–H and O–H groups in total. The molecule has 36 heavy (non-hydrogen) atoms. The van der Waals surface area contributed by atoms with E-state index in [9.17, 15) is 4.79 Å². The number of methoxy groups -OCH3 is 3. The quantitative estimate of drug-likeness (QED) is 0.282. The van der Waals surface area contributed by atoms with Crippen LogP contribution in [0.2, 0.25) is 0 Å². The Labute approximate surface area is 219 Å². The Kier molecular flexibility index (Phi) is 9.08. The average molecular weight is 530 g/mol. The number of benzene rings is 2. The molecule has 3 aromatic rings. The van der Waals surface area contributed by atoms with Crippen molar-refractivity contribution in [3.63, 3.8) is 0 Å². The monoisotopic (exact) mass is 529 g/mol. The lowest BCUT2D eigenvalue weighted by Crippen LogP contribution is -2.42. The summed E-state index contributed by atoms with van der Waals surface area (Å²) in [7, 11) is 4.70. The number of fused-ring (bicyclic) bond motifs is 1. The molecular formula is C26H31N3O5S2. The third kappa shape index (κ3) is 6.12. The highest BCUT2D eigenvalue weighted by Crippen LogP contribution is 2.38. The molecule has 10 heteroatoms. The number of rotatable bonds is 10. The molecule has 1 aliphatic rings. The van der Waals surface area contributed by atoms with E-state index in [-0.39, 0.29) is 5.91 Å². The van der Waals surface area contributed by atoms with E-state index in [2.05, 4.69) is 23.3 Å². The first-order chi connectivity index (χ1) is 17.6. The molecule has 1 amide bonds. The molecule has 0 spiro atoms. The Hall–Kier alpha value is -2.79. The summed E-state index contributed by atoms with van der Waals surface area (Å²) in [5, 5.41) is 0.691. The van der Waals surface area contributed by atoms with Crippen LogP contribution in [0, 0.1) is 0 Å². The highest BCUT2D eigenvalue weighted by molar-refractivity contribution is 7.98. The van der Waals surface area contributed by atoms with Crippen molar-refractivity contribution in [3.8, 4) is 17.2 Å². The Bertz CT molecular complexity index is 1200. The fourth-order valence-corrected chi connectivity index (χ4v) is 5.51. The van der Waals surface area contributed by atoms with Crippen molar-refractivity contribution in [2.75, 3.05) is 71.9 Å². The fourth-order valence-electron chi connectivity index (χ4n) is 3.96. The van der Waals surface area contributed by atoms with Crippen LogP contribution in [0.25, 0.3) is 16.3 Å². The number of carbonyl (C=O) groups excluding carboxylic acids is 1. The predicted octanol–water partition coefficient (Wildman–Crippen LogP) is 4.42. The smallest absolute Gasteiger partial charge is 0.252 e. The number of aromatic nitrogens is 1. The van der Waals surface area contributed by atoms with E-state index < -0.39 is 0 Å². The van der Waals surface area contributed by atoms with Crippen LogP contribution in [0.5, 0.6) is 17.2 Å². The maximum absolute atomic E-state index is 13.5. The number of amides is 1. The first-order valence-electron chi connectivity index (χ1n) is 11.6. The summed E-state index contributed by atoms with van der Waals surface area (Å²) in [5.41, 5.74) is 1.66. The number of ether oxygens (including phenoxy) is 4. The molecule has 2 aromatic carbocycles. The largest absolute Gasteiger partial charge is 0.493 e. The van der Waals surface area contributed by atoms with E-state index in [1.54, 1.807) is 50.1 Å². The molecule has 1 fully saturated rings. The Balaban J connectivity index is 1.61. The molecular weight excluding hydrogens is 498 g/mol. The highest BCUT2D eigenvalue weighted by Gasteiger charge is 2.21. The van der Waals surface area contributed by atoms with Gasteiger partial charge in [0.25, 0.3) is 5.91 Å². The van der Waals surface area contributed by atoms with Crippen LogP contribution in [0.15, 0.2) is 41.3 Å². The summed E-state index contributed by atoms with van der Waals surface area (Å²) in [5.74, 6) is 1.43. The number of thioether (sulfide) groups is 1. The van der Waals surface area contributed by atoms with Crippen molar-refractivity contribution in [2.45, 2.75) is 4.90 Å². The number of hydrogen-bond donors (Lipinski definition) is 0. The fraction of sp³-hybridized carbons (Fsp3) is 0.385. The van der Waals surface area contributed by atoms with Crippen molar-refractivity contribution >= 4 is 50.4 Å². The second-order valence-corrected chi connectivity index (χ2v) is 9.95. The first kappa shape index (κ1) is 26.3. The van der Waals surface area contributed by atoms with E-state index in [1.165, 1.54) is 16.2 Å². The molecule has 1 aliphatic heterocycles. The van der Waals surface area contributed by atoms with Gasteiger partial charge in [-0.1, -0.05) is 11.3 Å². The van der Waals surface area contributed by atoms with Gasteiger partial charge in [-0.05, 0) is 48.2 Å². The van der Waals surface area contributed by atoms with Crippen LogP contribution in [0.4, 0.5) is 5.13 Å². The van der Waals surface area contributed by atoms with E-state index >= 15 is 0 Å². The average Bonchev–Trinajstić information content (AvgIpc) is 3.34. The molecule has 0 aliphatic carbocycles. The topological polar surface area (TPSA) is 73.4 Å². The van der Waals surface area contributed by atoms with Gasteiger partial charge in [0.1, 0.15) is 0 Å². The second-order valence-electron chi connectivity index (χ2n) is 8.07. The lowest BCUT2D eigenvalue weighted by Gasteiger charge is -2.28. The summed E-state index contributed by atoms with van der Waals surface area (Å²) in [6, 6.07) is 9.81. The molecule has 0 saturated carbocycles. The first-order valence-corrected chi connectivity index (χ1v) is 13.6. The Morgan fingerprint density at radius 3 is 2.50 bits per heavy atom. The van der Waals surface area contributed by atoms with E-state index in [4.69, 9.17) is 23.9 Å². The minimum absolute atomic E-state index is 0.138. The molecule has 1 saturated heterocycles. The van der Waals surface area contributed by atoms with E-state index in [0.29, 0.717) is 42.1 Å². The third-order valence-electron chi connectivity index (χ3n) is 5.93. The van der Waals surface area contributed by atoms with Crippen LogP contribution < -0.4 is 19.1 Å². The molecule has 0 atom stereocenters. The minimum Gasteiger partial charge on any atom is -0.493 e. The third-order valence-corrected chi connectivity index (χ3v) is 7.70. The lowest BCUT2D eigenvalue weighted by molar-refractivity contribution is -0.114. The van der Waals surface area contributed by atoms with Gasteiger partial charge < -0.3 is 18.9 Å². The molecule has 0 bridgehead atoms. The predicted molar refractivity (Wildman–Crippen MR) is 146 cm³/mol.